The van der Waals surface area contributed by atoms with Gasteiger partial charge in [0, 0.05) is 24.3 Å². The summed E-state index contributed by atoms with van der Waals surface area (Å²) in [5.74, 6) is -0.552. The monoisotopic (exact) mass is 894 g/mol. The fraction of sp³-hybridized carbons (Fsp3) is 0.528. The largest absolute Gasteiger partial charge is 0.457 e. The summed E-state index contributed by atoms with van der Waals surface area (Å²) in [7, 11) is 0. The van der Waals surface area contributed by atoms with Crippen LogP contribution in [0.1, 0.15) is 76.5 Å². The number of benzene rings is 4. The molecule has 16 atom stereocenters. The maximum atomic E-state index is 12.7. The maximum absolute atomic E-state index is 12.7. The number of esters is 1. The van der Waals surface area contributed by atoms with E-state index in [-0.39, 0.29) is 49.6 Å². The summed E-state index contributed by atoms with van der Waals surface area (Å²) in [4.78, 5) is 12.7. The van der Waals surface area contributed by atoms with Gasteiger partial charge in [-0.15, -0.1) is 0 Å². The summed E-state index contributed by atoms with van der Waals surface area (Å²) in [5, 5.41) is 0. The molecule has 4 aromatic rings. The Morgan fingerprint density at radius 3 is 1.71 bits per heavy atom. The highest BCUT2D eigenvalue weighted by Crippen LogP contribution is 2.43. The Kier molecular flexibility index (Phi) is 16.5. The standard InChI is InChI=1S/C53H66O12/c1-7-42-33(2)34(3)46(59-37(6)54)52(60-42)65-48-47-44(32-58-51(64-47)41-26-18-11-19-27-41)62-53(49(48)56-29-39-22-14-9-15-23-39)63-45-35(4)36(5)50(57-30-40-24-16-10-17-25-40)61-43(45)31-55-28-38-20-12-8-13-21-38/h8-27,33-36,42-53H,7,28-32H2,1-6H3/t33-,34-,35-,36?,42?,43?,44?,45+,46?,47-,48+,49?,50-,51?,52+,53+/m1/s1. The predicted molar refractivity (Wildman–Crippen MR) is 241 cm³/mol. The fourth-order valence-corrected chi connectivity index (χ4v) is 9.45. The van der Waals surface area contributed by atoms with Crippen molar-refractivity contribution in [2.24, 2.45) is 23.7 Å². The minimum Gasteiger partial charge on any atom is -0.457 e. The number of carbonyl (C=O) groups is 1. The van der Waals surface area contributed by atoms with Crippen LogP contribution < -0.4 is 0 Å². The van der Waals surface area contributed by atoms with Crippen molar-refractivity contribution in [2.45, 2.75) is 142 Å². The molecule has 12 nitrogen and oxygen atoms in total. The molecule has 0 radical (unpaired) electrons. The van der Waals surface area contributed by atoms with Crippen LogP contribution in [-0.4, -0.2) is 86.9 Å². The molecule has 12 heteroatoms. The SMILES string of the molecule is CCC1O[C@@H](O[C@@H]2C(OCc3ccccc3)[C@H](O[C@@H]3C(COCc4ccccc4)O[C@@H](OCc4ccccc4)C(C)[C@H]3C)OC3COC(c4ccccc4)O[C@H]32)C(OC(C)=O)[C@H](C)[C@H]1C. The number of carbonyl (C=O) groups excluding carboxylic acids is 1. The minimum absolute atomic E-state index is 0.0722. The predicted octanol–water partition coefficient (Wildman–Crippen LogP) is 8.95. The fourth-order valence-electron chi connectivity index (χ4n) is 9.45. The summed E-state index contributed by atoms with van der Waals surface area (Å²) < 4.78 is 74.2. The van der Waals surface area contributed by atoms with E-state index in [1.165, 1.54) is 6.92 Å². The van der Waals surface area contributed by atoms with Gasteiger partial charge >= 0.3 is 5.97 Å². The van der Waals surface area contributed by atoms with Gasteiger partial charge in [-0.1, -0.05) is 156 Å². The van der Waals surface area contributed by atoms with Crippen LogP contribution in [-0.2, 0) is 76.7 Å². The molecule has 4 aromatic carbocycles. The molecule has 8 rings (SSSR count). The topological polar surface area (TPSA) is 119 Å². The van der Waals surface area contributed by atoms with E-state index in [0.29, 0.717) is 13.2 Å². The first-order chi connectivity index (χ1) is 31.7. The van der Waals surface area contributed by atoms with Crippen LogP contribution in [0.2, 0.25) is 0 Å². The second kappa shape index (κ2) is 22.6. The first kappa shape index (κ1) is 47.4. The van der Waals surface area contributed by atoms with Gasteiger partial charge in [0.15, 0.2) is 31.3 Å². The second-order valence-electron chi connectivity index (χ2n) is 18.0. The molecule has 4 aliphatic heterocycles. The van der Waals surface area contributed by atoms with Gasteiger partial charge in [0.2, 0.25) is 0 Å². The Morgan fingerprint density at radius 2 is 1.09 bits per heavy atom. The third-order valence-electron chi connectivity index (χ3n) is 13.5. The molecule has 0 amide bonds. The molecule has 0 aliphatic carbocycles. The van der Waals surface area contributed by atoms with E-state index in [1.54, 1.807) is 0 Å². The average Bonchev–Trinajstić information content (AvgIpc) is 3.33. The first-order valence-electron chi connectivity index (χ1n) is 23.4. The van der Waals surface area contributed by atoms with Crippen LogP contribution in [0.4, 0.5) is 0 Å². The highest BCUT2D eigenvalue weighted by Gasteiger charge is 2.56. The van der Waals surface area contributed by atoms with Gasteiger partial charge in [-0.3, -0.25) is 4.79 Å². The number of hydrogen-bond donors (Lipinski definition) is 0. The molecule has 7 unspecified atom stereocenters. The van der Waals surface area contributed by atoms with Gasteiger partial charge in [-0.2, -0.15) is 0 Å². The Bertz CT molecular complexity index is 2030. The Balaban J connectivity index is 1.13. The van der Waals surface area contributed by atoms with Crippen molar-refractivity contribution < 1.29 is 56.9 Å². The Morgan fingerprint density at radius 1 is 0.554 bits per heavy atom. The lowest BCUT2D eigenvalue weighted by molar-refractivity contribution is -0.405. The van der Waals surface area contributed by atoms with E-state index in [4.69, 9.17) is 52.1 Å². The lowest BCUT2D eigenvalue weighted by Crippen LogP contribution is -2.67. The first-order valence-corrected chi connectivity index (χ1v) is 23.4. The molecular weight excluding hydrogens is 829 g/mol. The third-order valence-corrected chi connectivity index (χ3v) is 13.5. The molecule has 4 fully saturated rings. The zero-order chi connectivity index (χ0) is 45.3. The number of fused-ring (bicyclic) bond motifs is 1. The van der Waals surface area contributed by atoms with E-state index in [9.17, 15) is 4.79 Å². The Labute approximate surface area is 384 Å². The number of hydrogen-bond acceptors (Lipinski definition) is 12. The van der Waals surface area contributed by atoms with Crippen molar-refractivity contribution in [3.05, 3.63) is 144 Å². The van der Waals surface area contributed by atoms with Crippen molar-refractivity contribution in [1.82, 2.24) is 0 Å². The van der Waals surface area contributed by atoms with Gasteiger partial charge in [-0.05, 0) is 34.9 Å². The molecule has 65 heavy (non-hydrogen) atoms. The average molecular weight is 895 g/mol. The smallest absolute Gasteiger partial charge is 0.303 e. The molecule has 0 saturated carbocycles. The minimum atomic E-state index is -0.999. The van der Waals surface area contributed by atoms with Gasteiger partial charge in [0.25, 0.3) is 0 Å². The van der Waals surface area contributed by atoms with Crippen molar-refractivity contribution in [2.75, 3.05) is 13.2 Å². The highest BCUT2D eigenvalue weighted by molar-refractivity contribution is 5.66. The molecule has 4 aliphatic rings. The summed E-state index contributed by atoms with van der Waals surface area (Å²) in [6.45, 7) is 13.4. The molecule has 0 bridgehead atoms. The maximum Gasteiger partial charge on any atom is 0.303 e. The van der Waals surface area contributed by atoms with Crippen LogP contribution in [0.15, 0.2) is 121 Å². The van der Waals surface area contributed by atoms with Crippen molar-refractivity contribution >= 4 is 5.97 Å². The van der Waals surface area contributed by atoms with Gasteiger partial charge in [-0.25, -0.2) is 0 Å². The molecule has 4 heterocycles. The molecular formula is C53H66O12. The molecule has 350 valence electrons. The van der Waals surface area contributed by atoms with Gasteiger partial charge in [0.1, 0.15) is 30.5 Å². The van der Waals surface area contributed by atoms with Crippen LogP contribution in [0.5, 0.6) is 0 Å². The van der Waals surface area contributed by atoms with E-state index in [0.717, 1.165) is 28.7 Å². The normalized spacial score (nSPS) is 34.9. The quantitative estimate of drug-likeness (QED) is 0.0942. The zero-order valence-electron chi connectivity index (χ0n) is 38.4. The summed E-state index contributed by atoms with van der Waals surface area (Å²) in [6, 6.07) is 39.9. The number of rotatable bonds is 17. The summed E-state index contributed by atoms with van der Waals surface area (Å²) in [5.41, 5.74) is 3.91. The van der Waals surface area contributed by atoms with Crippen molar-refractivity contribution in [1.29, 1.82) is 0 Å². The van der Waals surface area contributed by atoms with E-state index >= 15 is 0 Å². The van der Waals surface area contributed by atoms with Crippen molar-refractivity contribution in [3.63, 3.8) is 0 Å². The lowest BCUT2D eigenvalue weighted by Gasteiger charge is -2.53. The highest BCUT2D eigenvalue weighted by atomic mass is 16.8. The summed E-state index contributed by atoms with van der Waals surface area (Å²) >= 11 is 0. The van der Waals surface area contributed by atoms with E-state index in [1.807, 2.05) is 121 Å². The van der Waals surface area contributed by atoms with Crippen LogP contribution in [0, 0.1) is 23.7 Å². The molecule has 4 saturated heterocycles. The lowest BCUT2D eigenvalue weighted by atomic mass is 9.82. The molecule has 0 N–H and O–H groups in total. The summed E-state index contributed by atoms with van der Waals surface area (Å²) in [6.07, 6.45) is -7.40. The number of ether oxygens (including phenoxy) is 11. The Hall–Kier alpha value is -4.05. The molecule has 0 spiro atoms. The van der Waals surface area contributed by atoms with E-state index in [2.05, 4.69) is 34.6 Å². The van der Waals surface area contributed by atoms with Crippen LogP contribution in [0.25, 0.3) is 0 Å². The third kappa shape index (κ3) is 11.7. The second-order valence-corrected chi connectivity index (χ2v) is 18.0. The van der Waals surface area contributed by atoms with Crippen molar-refractivity contribution in [3.8, 4) is 0 Å². The van der Waals surface area contributed by atoms with Gasteiger partial charge in [0.05, 0.1) is 45.2 Å². The van der Waals surface area contributed by atoms with Crippen LogP contribution in [0.3, 0.4) is 0 Å². The van der Waals surface area contributed by atoms with Crippen LogP contribution >= 0.6 is 0 Å². The zero-order valence-corrected chi connectivity index (χ0v) is 38.4. The van der Waals surface area contributed by atoms with Gasteiger partial charge < -0.3 is 52.1 Å². The molecule has 0 aromatic heterocycles. The van der Waals surface area contributed by atoms with E-state index < -0.39 is 73.9 Å².